The summed E-state index contributed by atoms with van der Waals surface area (Å²) in [6.45, 7) is 12.0. The van der Waals surface area contributed by atoms with E-state index in [4.69, 9.17) is 4.74 Å². The molecule has 2 heterocycles. The average Bonchev–Trinajstić information content (AvgIpc) is 2.67. The van der Waals surface area contributed by atoms with Gasteiger partial charge in [0.05, 0.1) is 11.5 Å². The number of ether oxygens (including phenoxy) is 1. The summed E-state index contributed by atoms with van der Waals surface area (Å²) in [6, 6.07) is 0. The molecule has 1 saturated carbocycles. The maximum absolute atomic E-state index is 12.1. The van der Waals surface area contributed by atoms with Gasteiger partial charge in [0.1, 0.15) is 11.4 Å². The number of carbonyl (C=O) groups is 1. The molecule has 136 valence electrons. The summed E-state index contributed by atoms with van der Waals surface area (Å²) in [5, 5.41) is 22.7. The minimum Gasteiger partial charge on any atom is -0.389 e. The molecule has 4 nitrogen and oxygen atoms in total. The van der Waals surface area contributed by atoms with Crippen LogP contribution < -0.4 is 0 Å². The van der Waals surface area contributed by atoms with E-state index in [0.717, 1.165) is 31.3 Å². The molecule has 3 fully saturated rings. The number of fused-ring (bicyclic) bond motifs is 1. The molecule has 2 aliphatic heterocycles. The molecule has 0 aromatic carbocycles. The Morgan fingerprint density at radius 3 is 2.62 bits per heavy atom. The molecule has 2 N–H and O–H groups in total. The lowest BCUT2D eigenvalue weighted by molar-refractivity contribution is -0.304. The first-order valence-corrected chi connectivity index (χ1v) is 9.34. The molecule has 24 heavy (non-hydrogen) atoms. The lowest BCUT2D eigenvalue weighted by Crippen LogP contribution is -2.59. The summed E-state index contributed by atoms with van der Waals surface area (Å²) in [5.41, 5.74) is -1.03. The van der Waals surface area contributed by atoms with Crippen molar-refractivity contribution in [2.45, 2.75) is 90.1 Å². The van der Waals surface area contributed by atoms with E-state index in [2.05, 4.69) is 13.5 Å². The van der Waals surface area contributed by atoms with E-state index < -0.39 is 22.9 Å². The van der Waals surface area contributed by atoms with Crippen LogP contribution in [0.1, 0.15) is 72.6 Å². The number of aliphatic hydroxyl groups excluding tert-OH is 1. The van der Waals surface area contributed by atoms with Gasteiger partial charge in [-0.25, -0.2) is 0 Å². The zero-order valence-corrected chi connectivity index (χ0v) is 15.5. The van der Waals surface area contributed by atoms with Gasteiger partial charge >= 0.3 is 0 Å². The Morgan fingerprint density at radius 1 is 1.33 bits per heavy atom. The summed E-state index contributed by atoms with van der Waals surface area (Å²) in [5.74, 6) is -1.25. The Morgan fingerprint density at radius 2 is 2.00 bits per heavy atom. The molecule has 5 atom stereocenters. The zero-order valence-electron chi connectivity index (χ0n) is 15.5. The number of aliphatic hydroxyl groups is 2. The highest BCUT2D eigenvalue weighted by atomic mass is 16.7. The van der Waals surface area contributed by atoms with Crippen LogP contribution in [0.3, 0.4) is 0 Å². The van der Waals surface area contributed by atoms with Crippen LogP contribution in [0.2, 0.25) is 0 Å². The largest absolute Gasteiger partial charge is 0.389 e. The number of rotatable bonds is 4. The molecule has 2 bridgehead atoms. The fraction of sp³-hybridized carbons (Fsp3) is 0.850. The van der Waals surface area contributed by atoms with Crippen molar-refractivity contribution in [3.8, 4) is 0 Å². The second kappa shape index (κ2) is 5.39. The van der Waals surface area contributed by atoms with Gasteiger partial charge in [-0.15, -0.1) is 0 Å². The highest BCUT2D eigenvalue weighted by Gasteiger charge is 2.76. The van der Waals surface area contributed by atoms with Gasteiger partial charge in [-0.05, 0) is 37.7 Å². The third kappa shape index (κ3) is 2.06. The number of Topliss-reactive ketones (excluding diaryl/α,β-unsaturated/α-hetero) is 1. The standard InChI is InChI=1S/C20H32O4/c1-13(2)15(21)8-10-18(5)16(22)20-14(3)7-6-9-17(20,4)11-12-19(18,23)24-20/h13,16,22-23H,3,6-12H2,1-2,4-5H3/t16-,17-,18?,19?,20?/m0/s1. The van der Waals surface area contributed by atoms with Crippen LogP contribution in [0.15, 0.2) is 12.2 Å². The Bertz CT molecular complexity index is 570. The number of carbonyl (C=O) groups excluding carboxylic acids is 1. The lowest BCUT2D eigenvalue weighted by Gasteiger charge is -2.55. The first kappa shape index (κ1) is 18.1. The topological polar surface area (TPSA) is 66.8 Å². The van der Waals surface area contributed by atoms with Crippen LogP contribution in [-0.4, -0.2) is 33.5 Å². The van der Waals surface area contributed by atoms with Crippen LogP contribution in [0.5, 0.6) is 0 Å². The van der Waals surface area contributed by atoms with E-state index in [-0.39, 0.29) is 17.1 Å². The van der Waals surface area contributed by atoms with Gasteiger partial charge in [0.2, 0.25) is 0 Å². The smallest absolute Gasteiger partial charge is 0.174 e. The highest BCUT2D eigenvalue weighted by Crippen LogP contribution is 2.69. The van der Waals surface area contributed by atoms with Gasteiger partial charge < -0.3 is 14.9 Å². The van der Waals surface area contributed by atoms with Crippen LogP contribution >= 0.6 is 0 Å². The molecule has 0 amide bonds. The molecule has 3 aliphatic rings. The maximum atomic E-state index is 12.1. The molecule has 2 saturated heterocycles. The summed E-state index contributed by atoms with van der Waals surface area (Å²) < 4.78 is 6.31. The van der Waals surface area contributed by atoms with Crippen molar-refractivity contribution < 1.29 is 19.7 Å². The van der Waals surface area contributed by atoms with Gasteiger partial charge in [0.25, 0.3) is 0 Å². The normalized spacial score (nSPS) is 47.8. The van der Waals surface area contributed by atoms with Gasteiger partial charge in [-0.3, -0.25) is 4.79 Å². The molecule has 1 spiro atoms. The molecule has 0 radical (unpaired) electrons. The van der Waals surface area contributed by atoms with Crippen molar-refractivity contribution in [3.63, 3.8) is 0 Å². The molecule has 3 unspecified atom stereocenters. The van der Waals surface area contributed by atoms with E-state index in [1.54, 1.807) is 0 Å². The van der Waals surface area contributed by atoms with Crippen LogP contribution in [-0.2, 0) is 9.53 Å². The second-order valence-corrected chi connectivity index (χ2v) is 9.08. The van der Waals surface area contributed by atoms with E-state index in [1.807, 2.05) is 20.8 Å². The maximum Gasteiger partial charge on any atom is 0.174 e. The van der Waals surface area contributed by atoms with Crippen molar-refractivity contribution in [3.05, 3.63) is 12.2 Å². The minimum atomic E-state index is -1.39. The highest BCUT2D eigenvalue weighted by molar-refractivity contribution is 5.80. The van der Waals surface area contributed by atoms with Crippen molar-refractivity contribution in [1.29, 1.82) is 0 Å². The first-order chi connectivity index (χ1) is 11.0. The van der Waals surface area contributed by atoms with Gasteiger partial charge in [0.15, 0.2) is 5.79 Å². The molecular weight excluding hydrogens is 304 g/mol. The summed E-state index contributed by atoms with van der Waals surface area (Å²) >= 11 is 0. The predicted octanol–water partition coefficient (Wildman–Crippen LogP) is 3.36. The van der Waals surface area contributed by atoms with Gasteiger partial charge in [0, 0.05) is 24.2 Å². The molecule has 0 aromatic heterocycles. The van der Waals surface area contributed by atoms with Crippen LogP contribution in [0, 0.1) is 16.7 Å². The minimum absolute atomic E-state index is 0.0323. The van der Waals surface area contributed by atoms with Crippen molar-refractivity contribution in [1.82, 2.24) is 0 Å². The molecule has 1 aliphatic carbocycles. The fourth-order valence-electron chi connectivity index (χ4n) is 5.41. The van der Waals surface area contributed by atoms with E-state index in [0.29, 0.717) is 19.3 Å². The number of ketones is 1. The third-order valence-electron chi connectivity index (χ3n) is 7.39. The molecule has 4 heteroatoms. The van der Waals surface area contributed by atoms with Gasteiger partial charge in [-0.2, -0.15) is 0 Å². The quantitative estimate of drug-likeness (QED) is 0.773. The van der Waals surface area contributed by atoms with Crippen LogP contribution in [0.4, 0.5) is 0 Å². The monoisotopic (exact) mass is 336 g/mol. The Labute approximate surface area is 145 Å². The van der Waals surface area contributed by atoms with E-state index in [1.165, 1.54) is 0 Å². The average molecular weight is 336 g/mol. The first-order valence-electron chi connectivity index (χ1n) is 9.34. The number of hydrogen-bond donors (Lipinski definition) is 2. The van der Waals surface area contributed by atoms with Crippen molar-refractivity contribution in [2.75, 3.05) is 0 Å². The predicted molar refractivity (Wildman–Crippen MR) is 92.3 cm³/mol. The lowest BCUT2D eigenvalue weighted by atomic mass is 9.57. The SMILES string of the molecule is C=C1CCC[C@@]2(C)CCC3(O)OC12[C@@H](O)C3(C)CCC(=O)C(C)C. The second-order valence-electron chi connectivity index (χ2n) is 9.08. The molecule has 3 rings (SSSR count). The van der Waals surface area contributed by atoms with Gasteiger partial charge in [-0.1, -0.05) is 34.3 Å². The summed E-state index contributed by atoms with van der Waals surface area (Å²) in [6.07, 6.45) is 4.12. The Kier molecular flexibility index (Phi) is 4.06. The van der Waals surface area contributed by atoms with Crippen LogP contribution in [0.25, 0.3) is 0 Å². The van der Waals surface area contributed by atoms with Crippen molar-refractivity contribution >= 4 is 5.78 Å². The Balaban J connectivity index is 1.98. The summed E-state index contributed by atoms with van der Waals surface area (Å²) in [4.78, 5) is 12.1. The summed E-state index contributed by atoms with van der Waals surface area (Å²) in [7, 11) is 0. The zero-order chi connectivity index (χ0) is 18.0. The van der Waals surface area contributed by atoms with E-state index >= 15 is 0 Å². The number of hydrogen-bond acceptors (Lipinski definition) is 4. The third-order valence-corrected chi connectivity index (χ3v) is 7.39. The Hall–Kier alpha value is -0.710. The fourth-order valence-corrected chi connectivity index (χ4v) is 5.41. The van der Waals surface area contributed by atoms with Crippen molar-refractivity contribution in [2.24, 2.45) is 16.7 Å². The molecule has 0 aromatic rings. The van der Waals surface area contributed by atoms with E-state index in [9.17, 15) is 15.0 Å². The molecular formula is C20H32O4.